The van der Waals surface area contributed by atoms with Crippen molar-refractivity contribution in [3.63, 3.8) is 0 Å². The van der Waals surface area contributed by atoms with Crippen LogP contribution in [0.4, 0.5) is 30.2 Å². The number of amides is 2. The van der Waals surface area contributed by atoms with E-state index < -0.39 is 12.1 Å². The Morgan fingerprint density at radius 2 is 1.78 bits per heavy atom. The molecule has 7 nitrogen and oxygen atoms in total. The minimum Gasteiger partial charge on any atom is -0.384 e. The number of piperidine rings is 1. The maximum absolute atomic E-state index is 12.9. The third-order valence-electron chi connectivity index (χ3n) is 7.06. The minimum atomic E-state index is -4.11. The van der Waals surface area contributed by atoms with Crippen LogP contribution in [-0.4, -0.2) is 51.3 Å². The van der Waals surface area contributed by atoms with Crippen LogP contribution in [0.1, 0.15) is 30.4 Å². The number of ether oxygens (including phenoxy) is 1. The van der Waals surface area contributed by atoms with Gasteiger partial charge in [-0.3, -0.25) is 9.59 Å². The Balaban J connectivity index is 1.36. The van der Waals surface area contributed by atoms with Crippen molar-refractivity contribution in [2.45, 2.75) is 38.4 Å². The van der Waals surface area contributed by atoms with Crippen LogP contribution in [0.15, 0.2) is 42.5 Å². The number of nitrogens with one attached hydrogen (secondary N) is 3. The second-order valence-corrected chi connectivity index (χ2v) is 9.62. The SMILES string of the molecule is COCCc1cc(Nc2ccc(N3CCC(C(F)(F)F)CC3)cc2)ccc1CNC(=O)C1CNC(=O)C1. The largest absolute Gasteiger partial charge is 0.391 e. The molecule has 2 aliphatic heterocycles. The fourth-order valence-electron chi connectivity index (χ4n) is 4.83. The van der Waals surface area contributed by atoms with Crippen LogP contribution >= 0.6 is 0 Å². The van der Waals surface area contributed by atoms with Gasteiger partial charge in [-0.25, -0.2) is 0 Å². The number of alkyl halides is 3. The van der Waals surface area contributed by atoms with Gasteiger partial charge in [0.15, 0.2) is 0 Å². The van der Waals surface area contributed by atoms with Gasteiger partial charge in [-0.2, -0.15) is 13.2 Å². The lowest BCUT2D eigenvalue weighted by Crippen LogP contribution is -2.38. The fourth-order valence-corrected chi connectivity index (χ4v) is 4.83. The van der Waals surface area contributed by atoms with Crippen LogP contribution in [-0.2, 0) is 27.3 Å². The molecule has 37 heavy (non-hydrogen) atoms. The highest BCUT2D eigenvalue weighted by atomic mass is 19.4. The van der Waals surface area contributed by atoms with Crippen LogP contribution < -0.4 is 20.9 Å². The molecule has 2 amide bonds. The van der Waals surface area contributed by atoms with Gasteiger partial charge < -0.3 is 25.6 Å². The van der Waals surface area contributed by atoms with Crippen molar-refractivity contribution >= 4 is 28.9 Å². The molecule has 0 saturated carbocycles. The Kier molecular flexibility index (Phi) is 8.58. The molecule has 0 aliphatic carbocycles. The summed E-state index contributed by atoms with van der Waals surface area (Å²) in [5.41, 5.74) is 4.68. The molecule has 3 N–H and O–H groups in total. The molecule has 1 atom stereocenters. The van der Waals surface area contributed by atoms with Crippen LogP contribution in [0.2, 0.25) is 0 Å². The molecular formula is C27H33F3N4O3. The second kappa shape index (κ2) is 11.9. The molecule has 2 heterocycles. The number of carbonyl (C=O) groups excluding carboxylic acids is 2. The molecule has 2 aliphatic rings. The number of hydrogen-bond donors (Lipinski definition) is 3. The summed E-state index contributed by atoms with van der Waals surface area (Å²) in [5, 5.41) is 8.99. The van der Waals surface area contributed by atoms with Crippen molar-refractivity contribution < 1.29 is 27.5 Å². The normalized spacial score (nSPS) is 18.5. The zero-order valence-corrected chi connectivity index (χ0v) is 20.9. The maximum Gasteiger partial charge on any atom is 0.391 e. The van der Waals surface area contributed by atoms with Crippen molar-refractivity contribution in [1.29, 1.82) is 0 Å². The number of benzene rings is 2. The number of carbonyl (C=O) groups is 2. The minimum absolute atomic E-state index is 0.101. The number of anilines is 3. The summed E-state index contributed by atoms with van der Waals surface area (Å²) in [7, 11) is 1.64. The number of hydrogen-bond acceptors (Lipinski definition) is 5. The van der Waals surface area contributed by atoms with Gasteiger partial charge in [0.2, 0.25) is 11.8 Å². The second-order valence-electron chi connectivity index (χ2n) is 9.62. The van der Waals surface area contributed by atoms with E-state index in [1.165, 1.54) is 0 Å². The molecule has 1 unspecified atom stereocenters. The molecule has 2 aromatic rings. The monoisotopic (exact) mass is 518 g/mol. The molecule has 2 aromatic carbocycles. The highest BCUT2D eigenvalue weighted by Crippen LogP contribution is 2.35. The lowest BCUT2D eigenvalue weighted by Gasteiger charge is -2.34. The summed E-state index contributed by atoms with van der Waals surface area (Å²) in [6.45, 7) is 2.05. The summed E-state index contributed by atoms with van der Waals surface area (Å²) in [6, 6.07) is 13.6. The van der Waals surface area contributed by atoms with E-state index in [4.69, 9.17) is 4.74 Å². The first kappa shape index (κ1) is 26.8. The van der Waals surface area contributed by atoms with E-state index in [0.29, 0.717) is 39.2 Å². The first-order valence-electron chi connectivity index (χ1n) is 12.6. The predicted molar refractivity (Wildman–Crippen MR) is 136 cm³/mol. The fraction of sp³-hybridized carbons (Fsp3) is 0.481. The predicted octanol–water partition coefficient (Wildman–Crippen LogP) is 4.15. The number of nitrogens with zero attached hydrogens (tertiary/aromatic N) is 1. The smallest absolute Gasteiger partial charge is 0.384 e. The molecular weight excluding hydrogens is 485 g/mol. The van der Waals surface area contributed by atoms with Gasteiger partial charge >= 0.3 is 6.18 Å². The molecule has 10 heteroatoms. The van der Waals surface area contributed by atoms with E-state index in [1.54, 1.807) is 7.11 Å². The Morgan fingerprint density at radius 3 is 2.41 bits per heavy atom. The zero-order chi connectivity index (χ0) is 26.4. The standard InChI is InChI=1S/C27H33F3N4O3/c1-37-13-10-18-14-23(3-2-19(18)16-32-26(36)20-15-25(35)31-17-20)33-22-4-6-24(7-5-22)34-11-8-21(9-12-34)27(28,29)30/h2-7,14,20-21,33H,8-13,15-17H2,1H3,(H,31,35)(H,32,36). The highest BCUT2D eigenvalue weighted by molar-refractivity contribution is 5.89. The van der Waals surface area contributed by atoms with Gasteiger partial charge in [0.05, 0.1) is 18.4 Å². The molecule has 0 aromatic heterocycles. The molecule has 2 fully saturated rings. The number of rotatable bonds is 9. The summed E-state index contributed by atoms with van der Waals surface area (Å²) < 4.78 is 44.1. The third-order valence-corrected chi connectivity index (χ3v) is 7.06. The number of halogens is 3. The molecule has 0 spiro atoms. The molecule has 4 rings (SSSR count). The summed E-state index contributed by atoms with van der Waals surface area (Å²) in [4.78, 5) is 25.8. The average Bonchev–Trinajstić information content (AvgIpc) is 3.33. The number of methoxy groups -OCH3 is 1. The van der Waals surface area contributed by atoms with E-state index in [1.807, 2.05) is 47.4 Å². The Labute approximate surface area is 214 Å². The van der Waals surface area contributed by atoms with Gasteiger partial charge in [0.1, 0.15) is 0 Å². The molecule has 0 radical (unpaired) electrons. The van der Waals surface area contributed by atoms with Crippen molar-refractivity contribution in [3.8, 4) is 0 Å². The highest BCUT2D eigenvalue weighted by Gasteiger charge is 2.41. The first-order chi connectivity index (χ1) is 17.7. The van der Waals surface area contributed by atoms with E-state index in [2.05, 4.69) is 16.0 Å². The molecule has 200 valence electrons. The van der Waals surface area contributed by atoms with E-state index in [0.717, 1.165) is 28.2 Å². The Morgan fingerprint density at radius 1 is 1.08 bits per heavy atom. The van der Waals surface area contributed by atoms with E-state index >= 15 is 0 Å². The quantitative estimate of drug-likeness (QED) is 0.465. The summed E-state index contributed by atoms with van der Waals surface area (Å²) >= 11 is 0. The summed E-state index contributed by atoms with van der Waals surface area (Å²) in [6.07, 6.45) is -2.98. The van der Waals surface area contributed by atoms with Crippen LogP contribution in [0.3, 0.4) is 0 Å². The topological polar surface area (TPSA) is 82.7 Å². The lowest BCUT2D eigenvalue weighted by molar-refractivity contribution is -0.179. The van der Waals surface area contributed by atoms with Crippen molar-refractivity contribution in [2.24, 2.45) is 11.8 Å². The van der Waals surface area contributed by atoms with E-state index in [9.17, 15) is 22.8 Å². The Bertz CT molecular complexity index is 1080. The van der Waals surface area contributed by atoms with Crippen LogP contribution in [0, 0.1) is 11.8 Å². The van der Waals surface area contributed by atoms with Gasteiger partial charge in [-0.15, -0.1) is 0 Å². The zero-order valence-electron chi connectivity index (χ0n) is 20.9. The van der Waals surface area contributed by atoms with Gasteiger partial charge in [0.25, 0.3) is 0 Å². The van der Waals surface area contributed by atoms with Crippen molar-refractivity contribution in [2.75, 3.05) is 43.6 Å². The first-order valence-corrected chi connectivity index (χ1v) is 12.6. The third kappa shape index (κ3) is 7.15. The summed E-state index contributed by atoms with van der Waals surface area (Å²) in [5.74, 6) is -1.79. The van der Waals surface area contributed by atoms with Gasteiger partial charge in [0, 0.05) is 56.8 Å². The van der Waals surface area contributed by atoms with Crippen LogP contribution in [0.5, 0.6) is 0 Å². The lowest BCUT2D eigenvalue weighted by atomic mass is 9.96. The van der Waals surface area contributed by atoms with Crippen molar-refractivity contribution in [1.82, 2.24) is 10.6 Å². The average molecular weight is 519 g/mol. The Hall–Kier alpha value is -3.27. The van der Waals surface area contributed by atoms with Gasteiger partial charge in [-0.05, 0) is 66.8 Å². The van der Waals surface area contributed by atoms with E-state index in [-0.39, 0.29) is 37.0 Å². The van der Waals surface area contributed by atoms with Crippen LogP contribution in [0.25, 0.3) is 0 Å². The van der Waals surface area contributed by atoms with Crippen molar-refractivity contribution in [3.05, 3.63) is 53.6 Å². The maximum atomic E-state index is 12.9. The molecule has 0 bridgehead atoms. The van der Waals surface area contributed by atoms with Gasteiger partial charge in [-0.1, -0.05) is 6.07 Å². The molecule has 2 saturated heterocycles.